The Morgan fingerprint density at radius 3 is 2.68 bits per heavy atom. The first-order valence-corrected chi connectivity index (χ1v) is 6.18. The van der Waals surface area contributed by atoms with Gasteiger partial charge in [-0.3, -0.25) is 0 Å². The van der Waals surface area contributed by atoms with Crippen LogP contribution in [0.3, 0.4) is 0 Å². The van der Waals surface area contributed by atoms with E-state index < -0.39 is 13.0 Å². The maximum atomic E-state index is 11.9. The van der Waals surface area contributed by atoms with Gasteiger partial charge in [-0.05, 0) is 24.1 Å². The van der Waals surface area contributed by atoms with Gasteiger partial charge in [0.2, 0.25) is 0 Å². The lowest BCUT2D eigenvalue weighted by Gasteiger charge is -2.20. The van der Waals surface area contributed by atoms with Gasteiger partial charge in [0.05, 0.1) is 0 Å². The molecule has 4 nitrogen and oxygen atoms in total. The van der Waals surface area contributed by atoms with Gasteiger partial charge < -0.3 is 19.9 Å². The summed E-state index contributed by atoms with van der Waals surface area (Å²) in [6, 6.07) is 5.22. The number of hydrogen-bond donors (Lipinski definition) is 1. The molecule has 0 spiro atoms. The van der Waals surface area contributed by atoms with E-state index in [4.69, 9.17) is 19.9 Å². The second kappa shape index (κ2) is 6.68. The van der Waals surface area contributed by atoms with Crippen LogP contribution in [0.5, 0.6) is 11.5 Å². The Bertz CT molecular complexity index is 415. The van der Waals surface area contributed by atoms with Crippen LogP contribution in [-0.2, 0) is 4.74 Å². The molecule has 0 radical (unpaired) electrons. The topological polar surface area (TPSA) is 53.7 Å². The van der Waals surface area contributed by atoms with Gasteiger partial charge in [-0.2, -0.15) is 0 Å². The van der Waals surface area contributed by atoms with Gasteiger partial charge >= 0.3 is 0 Å². The van der Waals surface area contributed by atoms with Gasteiger partial charge in [0, 0.05) is 12.6 Å². The van der Waals surface area contributed by atoms with Crippen LogP contribution in [-0.4, -0.2) is 32.9 Å². The fraction of sp³-hybridized carbons (Fsp3) is 0.538. The molecule has 0 saturated carbocycles. The summed E-state index contributed by atoms with van der Waals surface area (Å²) in [5.74, 6) is 1.38. The number of halogens is 2. The SMILES string of the molecule is NC(CCOCC(F)F)c1ccc2c(c1)OCCO2. The van der Waals surface area contributed by atoms with Crippen LogP contribution in [0, 0.1) is 0 Å². The van der Waals surface area contributed by atoms with Gasteiger partial charge in [-0.25, -0.2) is 8.78 Å². The molecule has 0 aromatic heterocycles. The summed E-state index contributed by atoms with van der Waals surface area (Å²) >= 11 is 0. The van der Waals surface area contributed by atoms with Crippen LogP contribution in [0.4, 0.5) is 8.78 Å². The van der Waals surface area contributed by atoms with Gasteiger partial charge in [0.25, 0.3) is 6.43 Å². The second-order valence-corrected chi connectivity index (χ2v) is 4.26. The third-order valence-corrected chi connectivity index (χ3v) is 2.81. The first-order chi connectivity index (χ1) is 9.16. The molecule has 1 aromatic carbocycles. The van der Waals surface area contributed by atoms with Crippen molar-refractivity contribution >= 4 is 0 Å². The summed E-state index contributed by atoms with van der Waals surface area (Å²) < 4.78 is 39.5. The maximum absolute atomic E-state index is 11.9. The fourth-order valence-corrected chi connectivity index (χ4v) is 1.84. The lowest BCUT2D eigenvalue weighted by atomic mass is 10.0. The largest absolute Gasteiger partial charge is 0.486 e. The van der Waals surface area contributed by atoms with Crippen molar-refractivity contribution in [3.05, 3.63) is 23.8 Å². The Morgan fingerprint density at radius 2 is 1.95 bits per heavy atom. The molecule has 0 fully saturated rings. The van der Waals surface area contributed by atoms with Crippen LogP contribution < -0.4 is 15.2 Å². The molecule has 1 aromatic rings. The molecule has 6 heteroatoms. The van der Waals surface area contributed by atoms with E-state index in [1.54, 1.807) is 0 Å². The Balaban J connectivity index is 1.86. The summed E-state index contributed by atoms with van der Waals surface area (Å²) in [6.45, 7) is 0.719. The molecule has 1 heterocycles. The molecule has 2 N–H and O–H groups in total. The molecule has 19 heavy (non-hydrogen) atoms. The number of hydrogen-bond acceptors (Lipinski definition) is 4. The summed E-state index contributed by atoms with van der Waals surface area (Å²) in [4.78, 5) is 0. The maximum Gasteiger partial charge on any atom is 0.261 e. The molecule has 0 amide bonds. The third kappa shape index (κ3) is 4.04. The van der Waals surface area contributed by atoms with Crippen molar-refractivity contribution < 1.29 is 23.0 Å². The number of ether oxygens (including phenoxy) is 3. The Hall–Kier alpha value is -1.40. The van der Waals surface area contributed by atoms with Crippen molar-refractivity contribution in [2.24, 2.45) is 5.73 Å². The minimum atomic E-state index is -2.44. The Kier molecular flexibility index (Phi) is 4.93. The minimum Gasteiger partial charge on any atom is -0.486 e. The lowest BCUT2D eigenvalue weighted by molar-refractivity contribution is 0.0152. The van der Waals surface area contributed by atoms with Gasteiger partial charge in [0.1, 0.15) is 19.8 Å². The van der Waals surface area contributed by atoms with Crippen molar-refractivity contribution in [3.8, 4) is 11.5 Å². The van der Waals surface area contributed by atoms with E-state index in [-0.39, 0.29) is 12.6 Å². The molecule has 106 valence electrons. The molecule has 0 aliphatic carbocycles. The molecule has 0 saturated heterocycles. The van der Waals surface area contributed by atoms with Crippen LogP contribution in [0.1, 0.15) is 18.0 Å². The summed E-state index contributed by atoms with van der Waals surface area (Å²) in [6.07, 6.45) is -1.96. The fourth-order valence-electron chi connectivity index (χ4n) is 1.84. The first kappa shape index (κ1) is 14.0. The number of fused-ring (bicyclic) bond motifs is 1. The van der Waals surface area contributed by atoms with Crippen LogP contribution in [0.2, 0.25) is 0 Å². The zero-order valence-electron chi connectivity index (χ0n) is 10.5. The molecule has 1 aliphatic rings. The van der Waals surface area contributed by atoms with E-state index in [1.165, 1.54) is 0 Å². The Labute approximate surface area is 110 Å². The van der Waals surface area contributed by atoms with E-state index in [0.29, 0.717) is 31.1 Å². The van der Waals surface area contributed by atoms with Gasteiger partial charge in [-0.15, -0.1) is 0 Å². The average molecular weight is 273 g/mol. The highest BCUT2D eigenvalue weighted by Crippen LogP contribution is 2.32. The molecule has 2 rings (SSSR count). The van der Waals surface area contributed by atoms with Crippen molar-refractivity contribution in [1.82, 2.24) is 0 Å². The lowest BCUT2D eigenvalue weighted by Crippen LogP contribution is -2.17. The summed E-state index contributed by atoms with van der Waals surface area (Å²) in [5.41, 5.74) is 6.86. The zero-order chi connectivity index (χ0) is 13.7. The zero-order valence-corrected chi connectivity index (χ0v) is 10.5. The predicted octanol–water partition coefficient (Wildman–Crippen LogP) is 2.13. The highest BCUT2D eigenvalue weighted by molar-refractivity contribution is 5.44. The summed E-state index contributed by atoms with van der Waals surface area (Å²) in [7, 11) is 0. The smallest absolute Gasteiger partial charge is 0.261 e. The molecule has 1 atom stereocenters. The normalized spacial score (nSPS) is 15.6. The van der Waals surface area contributed by atoms with Crippen LogP contribution in [0.15, 0.2) is 18.2 Å². The van der Waals surface area contributed by atoms with E-state index in [2.05, 4.69) is 0 Å². The third-order valence-electron chi connectivity index (χ3n) is 2.81. The highest BCUT2D eigenvalue weighted by Gasteiger charge is 2.14. The predicted molar refractivity (Wildman–Crippen MR) is 65.8 cm³/mol. The Morgan fingerprint density at radius 1 is 1.21 bits per heavy atom. The number of nitrogens with two attached hydrogens (primary N) is 1. The van der Waals surface area contributed by atoms with Crippen molar-refractivity contribution in [2.75, 3.05) is 26.4 Å². The van der Waals surface area contributed by atoms with E-state index in [9.17, 15) is 8.78 Å². The van der Waals surface area contributed by atoms with E-state index in [0.717, 1.165) is 5.56 Å². The van der Waals surface area contributed by atoms with Crippen molar-refractivity contribution in [2.45, 2.75) is 18.9 Å². The molecule has 0 bridgehead atoms. The molecular formula is C13H17F2NO3. The number of benzene rings is 1. The standard InChI is InChI=1S/C13H17F2NO3/c14-13(15)8-17-4-3-10(16)9-1-2-11-12(7-9)19-6-5-18-11/h1-2,7,10,13H,3-6,8,16H2. The van der Waals surface area contributed by atoms with Crippen LogP contribution in [0.25, 0.3) is 0 Å². The van der Waals surface area contributed by atoms with Gasteiger partial charge in [-0.1, -0.05) is 6.07 Å². The average Bonchev–Trinajstić information content (AvgIpc) is 2.42. The van der Waals surface area contributed by atoms with Crippen molar-refractivity contribution in [3.63, 3.8) is 0 Å². The van der Waals surface area contributed by atoms with Crippen LogP contribution >= 0.6 is 0 Å². The first-order valence-electron chi connectivity index (χ1n) is 6.18. The van der Waals surface area contributed by atoms with E-state index in [1.807, 2.05) is 18.2 Å². The number of alkyl halides is 2. The number of rotatable bonds is 6. The highest BCUT2D eigenvalue weighted by atomic mass is 19.3. The second-order valence-electron chi connectivity index (χ2n) is 4.26. The van der Waals surface area contributed by atoms with Gasteiger partial charge in [0.15, 0.2) is 11.5 Å². The molecular weight excluding hydrogens is 256 g/mol. The quantitative estimate of drug-likeness (QED) is 0.807. The molecule has 1 aliphatic heterocycles. The monoisotopic (exact) mass is 273 g/mol. The van der Waals surface area contributed by atoms with Crippen molar-refractivity contribution in [1.29, 1.82) is 0 Å². The minimum absolute atomic E-state index is 0.208. The molecule has 1 unspecified atom stereocenters. The van der Waals surface area contributed by atoms with E-state index >= 15 is 0 Å². The summed E-state index contributed by atoms with van der Waals surface area (Å²) in [5, 5.41) is 0.